The molecule has 1 fully saturated rings. The average molecular weight is 441 g/mol. The highest BCUT2D eigenvalue weighted by Gasteiger charge is 2.30. The molecule has 2 amide bonds. The van der Waals surface area contributed by atoms with Crippen molar-refractivity contribution in [3.05, 3.63) is 29.8 Å². The second-order valence-corrected chi connectivity index (χ2v) is 8.97. The molecule has 2 N–H and O–H groups in total. The number of amides is 2. The molecule has 10 nitrogen and oxygen atoms in total. The van der Waals surface area contributed by atoms with Crippen LogP contribution in [0.3, 0.4) is 0 Å². The number of nitrogens with zero attached hydrogens (tertiary/aromatic N) is 3. The number of ketones is 1. The van der Waals surface area contributed by atoms with Gasteiger partial charge in [-0.05, 0) is 19.1 Å². The van der Waals surface area contributed by atoms with Gasteiger partial charge in [-0.15, -0.1) is 0 Å². The van der Waals surface area contributed by atoms with Crippen molar-refractivity contribution in [2.75, 3.05) is 59.5 Å². The minimum atomic E-state index is -3.71. The van der Waals surface area contributed by atoms with Crippen LogP contribution < -0.4 is 5.73 Å². The number of primary amides is 1. The molecule has 0 saturated carbocycles. The lowest BCUT2D eigenvalue weighted by molar-refractivity contribution is -0.134. The van der Waals surface area contributed by atoms with Crippen LogP contribution in [0.4, 0.5) is 0 Å². The summed E-state index contributed by atoms with van der Waals surface area (Å²) in [5, 5.41) is 0. The molecule has 1 aromatic carbocycles. The SMILES string of the molecule is COCCN(CC(N)=O)CC(=O)N1CCN(S(=O)(=O)c2ccc(C(C)=O)cc2)CC1. The van der Waals surface area contributed by atoms with E-state index < -0.39 is 15.9 Å². The molecule has 0 spiro atoms. The van der Waals surface area contributed by atoms with Gasteiger partial charge in [0.25, 0.3) is 0 Å². The van der Waals surface area contributed by atoms with Gasteiger partial charge in [-0.1, -0.05) is 12.1 Å². The first kappa shape index (κ1) is 23.9. The smallest absolute Gasteiger partial charge is 0.243 e. The molecular weight excluding hydrogens is 412 g/mol. The Morgan fingerprint density at radius 3 is 2.17 bits per heavy atom. The quantitative estimate of drug-likeness (QED) is 0.469. The van der Waals surface area contributed by atoms with Crippen LogP contribution in [0.1, 0.15) is 17.3 Å². The van der Waals surface area contributed by atoms with E-state index in [1.165, 1.54) is 42.6 Å². The molecule has 30 heavy (non-hydrogen) atoms. The highest BCUT2D eigenvalue weighted by molar-refractivity contribution is 7.89. The predicted molar refractivity (Wildman–Crippen MR) is 109 cm³/mol. The van der Waals surface area contributed by atoms with Crippen LogP contribution in [0.15, 0.2) is 29.2 Å². The molecular formula is C19H28N4O6S. The van der Waals surface area contributed by atoms with Crippen LogP contribution in [-0.2, 0) is 24.3 Å². The second-order valence-electron chi connectivity index (χ2n) is 7.04. The molecule has 1 heterocycles. The highest BCUT2D eigenvalue weighted by atomic mass is 32.2. The third-order valence-electron chi connectivity index (χ3n) is 4.84. The van der Waals surface area contributed by atoms with Crippen molar-refractivity contribution in [2.24, 2.45) is 5.73 Å². The Morgan fingerprint density at radius 2 is 1.67 bits per heavy atom. The molecule has 0 radical (unpaired) electrons. The van der Waals surface area contributed by atoms with Gasteiger partial charge >= 0.3 is 0 Å². The number of nitrogens with two attached hydrogens (primary N) is 1. The zero-order valence-electron chi connectivity index (χ0n) is 17.2. The van der Waals surface area contributed by atoms with Crippen LogP contribution in [0.25, 0.3) is 0 Å². The average Bonchev–Trinajstić information content (AvgIpc) is 2.71. The summed E-state index contributed by atoms with van der Waals surface area (Å²) in [6.07, 6.45) is 0. The van der Waals surface area contributed by atoms with E-state index >= 15 is 0 Å². The van der Waals surface area contributed by atoms with Crippen molar-refractivity contribution >= 4 is 27.6 Å². The molecule has 1 aliphatic rings. The topological polar surface area (TPSA) is 130 Å². The Bertz CT molecular complexity index is 864. The van der Waals surface area contributed by atoms with Crippen LogP contribution in [-0.4, -0.2) is 99.7 Å². The van der Waals surface area contributed by atoms with Crippen LogP contribution in [0.2, 0.25) is 0 Å². The fraction of sp³-hybridized carbons (Fsp3) is 0.526. The molecule has 2 rings (SSSR count). The summed E-state index contributed by atoms with van der Waals surface area (Å²) in [7, 11) is -2.18. The summed E-state index contributed by atoms with van der Waals surface area (Å²) in [5.74, 6) is -0.872. The Hall–Kier alpha value is -2.34. The number of sulfonamides is 1. The number of methoxy groups -OCH3 is 1. The molecule has 0 aromatic heterocycles. The maximum Gasteiger partial charge on any atom is 0.243 e. The molecule has 1 aliphatic heterocycles. The minimum absolute atomic E-state index is 0.00551. The van der Waals surface area contributed by atoms with Crippen molar-refractivity contribution in [3.8, 4) is 0 Å². The number of ether oxygens (including phenoxy) is 1. The predicted octanol–water partition coefficient (Wildman–Crippen LogP) is -0.844. The molecule has 1 aromatic rings. The van der Waals surface area contributed by atoms with E-state index in [9.17, 15) is 22.8 Å². The third-order valence-corrected chi connectivity index (χ3v) is 6.75. The monoisotopic (exact) mass is 440 g/mol. The highest BCUT2D eigenvalue weighted by Crippen LogP contribution is 2.18. The van der Waals surface area contributed by atoms with E-state index in [4.69, 9.17) is 10.5 Å². The van der Waals surface area contributed by atoms with Gasteiger partial charge < -0.3 is 15.4 Å². The number of hydrogen-bond donors (Lipinski definition) is 1. The summed E-state index contributed by atoms with van der Waals surface area (Å²) in [4.78, 5) is 38.4. The van der Waals surface area contributed by atoms with Crippen molar-refractivity contribution in [1.82, 2.24) is 14.1 Å². The lowest BCUT2D eigenvalue weighted by Crippen LogP contribution is -2.53. The minimum Gasteiger partial charge on any atom is -0.383 e. The fourth-order valence-corrected chi connectivity index (χ4v) is 4.56. The first-order valence-corrected chi connectivity index (χ1v) is 11.0. The molecule has 0 aliphatic carbocycles. The molecule has 0 atom stereocenters. The van der Waals surface area contributed by atoms with E-state index in [1.54, 1.807) is 9.80 Å². The lowest BCUT2D eigenvalue weighted by Gasteiger charge is -2.35. The van der Waals surface area contributed by atoms with Gasteiger partial charge in [0.05, 0.1) is 24.6 Å². The molecule has 11 heteroatoms. The van der Waals surface area contributed by atoms with Gasteiger partial charge in [0.2, 0.25) is 21.8 Å². The Kier molecular flexibility index (Phi) is 8.47. The van der Waals surface area contributed by atoms with Crippen molar-refractivity contribution < 1.29 is 27.5 Å². The Labute approximate surface area is 176 Å². The normalized spacial score (nSPS) is 15.4. The van der Waals surface area contributed by atoms with E-state index in [1.807, 2.05) is 0 Å². The van der Waals surface area contributed by atoms with Crippen LogP contribution in [0.5, 0.6) is 0 Å². The van der Waals surface area contributed by atoms with Gasteiger partial charge in [-0.25, -0.2) is 8.42 Å². The summed E-state index contributed by atoms with van der Waals surface area (Å²) in [5.41, 5.74) is 5.67. The van der Waals surface area contributed by atoms with E-state index in [0.717, 1.165) is 0 Å². The second kappa shape index (κ2) is 10.6. The van der Waals surface area contributed by atoms with Gasteiger partial charge in [0.15, 0.2) is 5.78 Å². The maximum absolute atomic E-state index is 12.8. The zero-order chi connectivity index (χ0) is 22.3. The van der Waals surface area contributed by atoms with Gasteiger partial charge in [-0.2, -0.15) is 4.31 Å². The number of benzene rings is 1. The van der Waals surface area contributed by atoms with Crippen LogP contribution >= 0.6 is 0 Å². The molecule has 166 valence electrons. The Balaban J connectivity index is 1.96. The largest absolute Gasteiger partial charge is 0.383 e. The summed E-state index contributed by atoms with van der Waals surface area (Å²) in [6, 6.07) is 5.81. The summed E-state index contributed by atoms with van der Waals surface area (Å²) >= 11 is 0. The van der Waals surface area contributed by atoms with Crippen molar-refractivity contribution in [2.45, 2.75) is 11.8 Å². The Morgan fingerprint density at radius 1 is 1.07 bits per heavy atom. The molecule has 1 saturated heterocycles. The molecule has 0 bridgehead atoms. The first-order chi connectivity index (χ1) is 14.1. The number of Topliss-reactive ketones (excluding diaryl/α,β-unsaturated/α-hetero) is 1. The first-order valence-electron chi connectivity index (χ1n) is 9.53. The van der Waals surface area contributed by atoms with Gasteiger partial charge in [-0.3, -0.25) is 19.3 Å². The third kappa shape index (κ3) is 6.33. The number of piperazine rings is 1. The summed E-state index contributed by atoms with van der Waals surface area (Å²) in [6.45, 7) is 2.93. The zero-order valence-corrected chi connectivity index (χ0v) is 18.1. The van der Waals surface area contributed by atoms with Gasteiger partial charge in [0, 0.05) is 45.4 Å². The van der Waals surface area contributed by atoms with Crippen molar-refractivity contribution in [3.63, 3.8) is 0 Å². The lowest BCUT2D eigenvalue weighted by atomic mass is 10.2. The van der Waals surface area contributed by atoms with Gasteiger partial charge in [0.1, 0.15) is 0 Å². The van der Waals surface area contributed by atoms with Crippen LogP contribution in [0, 0.1) is 0 Å². The fourth-order valence-electron chi connectivity index (χ4n) is 3.13. The standard InChI is InChI=1S/C19H28N4O6S/c1-15(24)16-3-5-17(6-4-16)30(27,28)23-9-7-22(8-10-23)19(26)14-21(11-12-29-2)13-18(20)25/h3-6H,7-14H2,1-2H3,(H2,20,25). The molecule has 0 unspecified atom stereocenters. The van der Waals surface area contributed by atoms with E-state index in [-0.39, 0.29) is 55.9 Å². The van der Waals surface area contributed by atoms with E-state index in [0.29, 0.717) is 18.7 Å². The number of hydrogen-bond acceptors (Lipinski definition) is 7. The van der Waals surface area contributed by atoms with Crippen molar-refractivity contribution in [1.29, 1.82) is 0 Å². The number of rotatable bonds is 10. The maximum atomic E-state index is 12.8. The van der Waals surface area contributed by atoms with E-state index in [2.05, 4.69) is 0 Å². The number of carbonyl (C=O) groups excluding carboxylic acids is 3. The number of carbonyl (C=O) groups is 3. The summed E-state index contributed by atoms with van der Waals surface area (Å²) < 4.78 is 32.0.